The topological polar surface area (TPSA) is 54.0 Å². The summed E-state index contributed by atoms with van der Waals surface area (Å²) in [5.41, 5.74) is 1.15. The Labute approximate surface area is 139 Å². The molecular formula is C18H19FO5. The average Bonchev–Trinajstić information content (AvgIpc) is 2.60. The van der Waals surface area contributed by atoms with Crippen LogP contribution < -0.4 is 18.9 Å². The van der Waals surface area contributed by atoms with Gasteiger partial charge in [-0.2, -0.15) is 0 Å². The van der Waals surface area contributed by atoms with Gasteiger partial charge in [0.2, 0.25) is 11.5 Å². The third-order valence-corrected chi connectivity index (χ3v) is 3.71. The Kier molecular flexibility index (Phi) is 5.28. The lowest BCUT2D eigenvalue weighted by Gasteiger charge is -2.21. The lowest BCUT2D eigenvalue weighted by Crippen LogP contribution is -2.10. The molecule has 0 atom stereocenters. The van der Waals surface area contributed by atoms with E-state index in [1.165, 1.54) is 52.7 Å². The molecule has 0 aliphatic carbocycles. The fraction of sp³-hybridized carbons (Fsp3) is 0.278. The second-order valence-corrected chi connectivity index (χ2v) is 4.97. The number of hydrogen-bond donors (Lipinski definition) is 0. The van der Waals surface area contributed by atoms with Gasteiger partial charge >= 0.3 is 0 Å². The van der Waals surface area contributed by atoms with Gasteiger partial charge in [0.25, 0.3) is 0 Å². The van der Waals surface area contributed by atoms with E-state index in [2.05, 4.69) is 0 Å². The lowest BCUT2D eigenvalue weighted by molar-refractivity contribution is 0.103. The van der Waals surface area contributed by atoms with Crippen molar-refractivity contribution in [3.8, 4) is 23.0 Å². The SMILES string of the molecule is COc1c(C)c(C(=O)c2ccc(F)cc2)c(OC)c(OC)c1OC. The number of halogens is 1. The minimum atomic E-state index is -0.417. The van der Waals surface area contributed by atoms with Gasteiger partial charge in [0, 0.05) is 11.1 Å². The molecule has 0 radical (unpaired) electrons. The van der Waals surface area contributed by atoms with Crippen LogP contribution >= 0.6 is 0 Å². The maximum Gasteiger partial charge on any atom is 0.208 e. The molecule has 0 aliphatic heterocycles. The molecule has 0 N–H and O–H groups in total. The largest absolute Gasteiger partial charge is 0.492 e. The van der Waals surface area contributed by atoms with E-state index in [1.54, 1.807) is 6.92 Å². The first kappa shape index (κ1) is 17.6. The Morgan fingerprint density at radius 1 is 0.792 bits per heavy atom. The Hall–Kier alpha value is -2.76. The van der Waals surface area contributed by atoms with E-state index < -0.39 is 5.82 Å². The number of hydrogen-bond acceptors (Lipinski definition) is 5. The van der Waals surface area contributed by atoms with Gasteiger partial charge in [0.1, 0.15) is 5.82 Å². The number of carbonyl (C=O) groups is 1. The monoisotopic (exact) mass is 334 g/mol. The maximum absolute atomic E-state index is 13.1. The number of benzene rings is 2. The second-order valence-electron chi connectivity index (χ2n) is 4.97. The highest BCUT2D eigenvalue weighted by atomic mass is 19.1. The van der Waals surface area contributed by atoms with E-state index in [4.69, 9.17) is 18.9 Å². The summed E-state index contributed by atoms with van der Waals surface area (Å²) < 4.78 is 34.6. The molecule has 2 aromatic carbocycles. The first-order valence-electron chi connectivity index (χ1n) is 7.16. The van der Waals surface area contributed by atoms with Crippen molar-refractivity contribution in [2.75, 3.05) is 28.4 Å². The van der Waals surface area contributed by atoms with Crippen LogP contribution in [-0.2, 0) is 0 Å². The molecule has 2 aromatic rings. The lowest BCUT2D eigenvalue weighted by atomic mass is 9.96. The Bertz CT molecular complexity index is 753. The van der Waals surface area contributed by atoms with Crippen LogP contribution in [-0.4, -0.2) is 34.2 Å². The predicted molar refractivity (Wildman–Crippen MR) is 87.2 cm³/mol. The highest BCUT2D eigenvalue weighted by molar-refractivity contribution is 6.13. The Morgan fingerprint density at radius 2 is 1.25 bits per heavy atom. The molecule has 0 aromatic heterocycles. The van der Waals surface area contributed by atoms with Crippen LogP contribution in [0.5, 0.6) is 23.0 Å². The van der Waals surface area contributed by atoms with Crippen molar-refractivity contribution in [2.45, 2.75) is 6.92 Å². The van der Waals surface area contributed by atoms with E-state index in [1.807, 2.05) is 0 Å². The van der Waals surface area contributed by atoms with Gasteiger partial charge in [-0.3, -0.25) is 4.79 Å². The predicted octanol–water partition coefficient (Wildman–Crippen LogP) is 3.40. The van der Waals surface area contributed by atoms with Crippen molar-refractivity contribution in [2.24, 2.45) is 0 Å². The van der Waals surface area contributed by atoms with Crippen LogP contribution in [0.25, 0.3) is 0 Å². The summed E-state index contributed by atoms with van der Waals surface area (Å²) in [6, 6.07) is 5.29. The van der Waals surface area contributed by atoms with Crippen LogP contribution in [0, 0.1) is 12.7 Å². The number of rotatable bonds is 6. The van der Waals surface area contributed by atoms with Gasteiger partial charge in [-0.05, 0) is 31.2 Å². The molecule has 128 valence electrons. The summed E-state index contributed by atoms with van der Waals surface area (Å²) >= 11 is 0. The average molecular weight is 334 g/mol. The maximum atomic E-state index is 13.1. The summed E-state index contributed by atoms with van der Waals surface area (Å²) in [4.78, 5) is 12.9. The molecule has 0 spiro atoms. The van der Waals surface area contributed by atoms with Gasteiger partial charge < -0.3 is 18.9 Å². The first-order chi connectivity index (χ1) is 11.5. The summed E-state index contributed by atoms with van der Waals surface area (Å²) in [5.74, 6) is 0.462. The number of ether oxygens (including phenoxy) is 4. The summed E-state index contributed by atoms with van der Waals surface area (Å²) in [6.07, 6.45) is 0. The standard InChI is InChI=1S/C18H19FO5/c1-10-13(14(20)11-6-8-12(19)9-7-11)16(22-3)18(24-5)17(23-4)15(10)21-2/h6-9H,1-5H3. The zero-order valence-electron chi connectivity index (χ0n) is 14.2. The fourth-order valence-electron chi connectivity index (χ4n) is 2.60. The highest BCUT2D eigenvalue weighted by Gasteiger charge is 2.29. The second kappa shape index (κ2) is 7.21. The van der Waals surface area contributed by atoms with Crippen molar-refractivity contribution >= 4 is 5.78 Å². The molecule has 0 saturated heterocycles. The number of ketones is 1. The Balaban J connectivity index is 2.76. The van der Waals surface area contributed by atoms with Gasteiger partial charge in [-0.25, -0.2) is 4.39 Å². The van der Waals surface area contributed by atoms with Gasteiger partial charge in [0.15, 0.2) is 17.3 Å². The molecule has 5 nitrogen and oxygen atoms in total. The van der Waals surface area contributed by atoms with Crippen molar-refractivity contribution in [1.29, 1.82) is 0 Å². The third kappa shape index (κ3) is 2.87. The molecule has 0 heterocycles. The smallest absolute Gasteiger partial charge is 0.208 e. The molecule has 24 heavy (non-hydrogen) atoms. The van der Waals surface area contributed by atoms with Crippen LogP contribution in [0.2, 0.25) is 0 Å². The van der Waals surface area contributed by atoms with Crippen LogP contribution in [0.3, 0.4) is 0 Å². The zero-order chi connectivity index (χ0) is 17.9. The number of carbonyl (C=O) groups excluding carboxylic acids is 1. The minimum absolute atomic E-state index is 0.238. The van der Waals surface area contributed by atoms with Crippen LogP contribution in [0.15, 0.2) is 24.3 Å². The van der Waals surface area contributed by atoms with Gasteiger partial charge in [0.05, 0.1) is 34.0 Å². The van der Waals surface area contributed by atoms with E-state index >= 15 is 0 Å². The quantitative estimate of drug-likeness (QED) is 0.758. The third-order valence-electron chi connectivity index (χ3n) is 3.71. The van der Waals surface area contributed by atoms with Crippen molar-refractivity contribution in [1.82, 2.24) is 0 Å². The van der Waals surface area contributed by atoms with Crippen LogP contribution in [0.4, 0.5) is 4.39 Å². The zero-order valence-corrected chi connectivity index (χ0v) is 14.2. The molecule has 0 bridgehead atoms. The number of methoxy groups -OCH3 is 4. The van der Waals surface area contributed by atoms with E-state index in [0.29, 0.717) is 22.6 Å². The fourth-order valence-corrected chi connectivity index (χ4v) is 2.60. The van der Waals surface area contributed by atoms with Gasteiger partial charge in [-0.1, -0.05) is 0 Å². The molecular weight excluding hydrogens is 315 g/mol. The molecule has 6 heteroatoms. The highest BCUT2D eigenvalue weighted by Crippen LogP contribution is 2.49. The first-order valence-corrected chi connectivity index (χ1v) is 7.16. The molecule has 0 fully saturated rings. The van der Waals surface area contributed by atoms with Crippen molar-refractivity contribution in [3.63, 3.8) is 0 Å². The Morgan fingerprint density at radius 3 is 1.71 bits per heavy atom. The van der Waals surface area contributed by atoms with E-state index in [0.717, 1.165) is 0 Å². The molecule has 0 saturated carbocycles. The van der Waals surface area contributed by atoms with E-state index in [-0.39, 0.29) is 22.8 Å². The molecule has 2 rings (SSSR count). The van der Waals surface area contributed by atoms with Crippen molar-refractivity contribution in [3.05, 3.63) is 46.8 Å². The summed E-state index contributed by atoms with van der Waals surface area (Å²) in [6.45, 7) is 1.72. The van der Waals surface area contributed by atoms with Gasteiger partial charge in [-0.15, -0.1) is 0 Å². The molecule has 0 unspecified atom stereocenters. The minimum Gasteiger partial charge on any atom is -0.492 e. The van der Waals surface area contributed by atoms with Crippen molar-refractivity contribution < 1.29 is 28.1 Å². The summed E-state index contributed by atoms with van der Waals surface area (Å²) in [5, 5.41) is 0. The summed E-state index contributed by atoms with van der Waals surface area (Å²) in [7, 11) is 5.83. The normalized spacial score (nSPS) is 10.2. The molecule has 0 aliphatic rings. The van der Waals surface area contributed by atoms with E-state index in [9.17, 15) is 9.18 Å². The van der Waals surface area contributed by atoms with Crippen LogP contribution in [0.1, 0.15) is 21.5 Å². The molecule has 0 amide bonds.